The molecule has 0 N–H and O–H groups in total. The van der Waals surface area contributed by atoms with Crippen LogP contribution in [0, 0.1) is 0 Å². The average molecular weight is 618 g/mol. The molecule has 0 aliphatic heterocycles. The van der Waals surface area contributed by atoms with Crippen molar-refractivity contribution in [1.29, 1.82) is 0 Å². The van der Waals surface area contributed by atoms with Gasteiger partial charge in [0.05, 0.1) is 5.69 Å². The fourth-order valence-electron chi connectivity index (χ4n) is 8.53. The third-order valence-electron chi connectivity index (χ3n) is 10.8. The first-order chi connectivity index (χ1) is 23.6. The van der Waals surface area contributed by atoms with Gasteiger partial charge in [0.15, 0.2) is 0 Å². The zero-order valence-electron chi connectivity index (χ0n) is 27.7. The number of anilines is 3. The molecule has 0 spiro atoms. The summed E-state index contributed by atoms with van der Waals surface area (Å²) >= 11 is 0. The van der Waals surface area contributed by atoms with E-state index in [1.807, 2.05) is 0 Å². The normalized spacial score (nSPS) is 14.3. The predicted molar refractivity (Wildman–Crippen MR) is 204 cm³/mol. The lowest BCUT2D eigenvalue weighted by Gasteiger charge is -2.30. The van der Waals surface area contributed by atoms with Gasteiger partial charge in [-0.25, -0.2) is 0 Å². The molecule has 0 saturated heterocycles. The van der Waals surface area contributed by atoms with E-state index in [0.29, 0.717) is 0 Å². The summed E-state index contributed by atoms with van der Waals surface area (Å²) in [6.07, 6.45) is 4.97. The van der Waals surface area contributed by atoms with Gasteiger partial charge in [0, 0.05) is 22.4 Å². The van der Waals surface area contributed by atoms with E-state index in [2.05, 4.69) is 170 Å². The SMILES string of the molecule is CC1(C)c2cc(N(c3ccccc3)c3ccccc3-c3ccc(-c4cccc5c4CCCC5)cc3)ccc2-c2ccc3ccccc3c21. The van der Waals surface area contributed by atoms with Crippen LogP contribution in [0.4, 0.5) is 17.1 Å². The number of hydrogen-bond donors (Lipinski definition) is 0. The molecule has 0 heterocycles. The van der Waals surface area contributed by atoms with Crippen molar-refractivity contribution in [3.63, 3.8) is 0 Å². The van der Waals surface area contributed by atoms with Crippen LogP contribution in [0.3, 0.4) is 0 Å². The van der Waals surface area contributed by atoms with Crippen LogP contribution in [0.5, 0.6) is 0 Å². The first kappa shape index (κ1) is 28.8. The molecule has 1 nitrogen and oxygen atoms in total. The van der Waals surface area contributed by atoms with Crippen LogP contribution in [0.1, 0.15) is 48.9 Å². The molecule has 0 aromatic heterocycles. The Morgan fingerprint density at radius 3 is 2.04 bits per heavy atom. The minimum atomic E-state index is -0.129. The van der Waals surface area contributed by atoms with Crippen molar-refractivity contribution < 1.29 is 0 Å². The molecule has 0 bridgehead atoms. The fourth-order valence-corrected chi connectivity index (χ4v) is 8.53. The Labute approximate surface area is 284 Å². The molecule has 2 aliphatic carbocycles. The Bertz CT molecular complexity index is 2310. The van der Waals surface area contributed by atoms with Crippen LogP contribution in [0.15, 0.2) is 152 Å². The first-order valence-corrected chi connectivity index (χ1v) is 17.4. The van der Waals surface area contributed by atoms with Gasteiger partial charge in [0.2, 0.25) is 0 Å². The number of benzene rings is 7. The van der Waals surface area contributed by atoms with Crippen molar-refractivity contribution in [1.82, 2.24) is 0 Å². The van der Waals surface area contributed by atoms with Gasteiger partial charge in [-0.05, 0) is 117 Å². The van der Waals surface area contributed by atoms with Crippen molar-refractivity contribution in [3.8, 4) is 33.4 Å². The van der Waals surface area contributed by atoms with Crippen LogP contribution in [-0.2, 0) is 18.3 Å². The van der Waals surface area contributed by atoms with Crippen LogP contribution >= 0.6 is 0 Å². The highest BCUT2D eigenvalue weighted by molar-refractivity contribution is 5.98. The topological polar surface area (TPSA) is 3.24 Å². The van der Waals surface area contributed by atoms with E-state index in [1.54, 1.807) is 5.56 Å². The Balaban J connectivity index is 1.16. The maximum atomic E-state index is 2.44. The molecule has 0 radical (unpaired) electrons. The summed E-state index contributed by atoms with van der Waals surface area (Å²) in [5.74, 6) is 0. The van der Waals surface area contributed by atoms with E-state index in [1.165, 1.54) is 97.9 Å². The second-order valence-electron chi connectivity index (χ2n) is 14.0. The molecule has 0 fully saturated rings. The lowest BCUT2D eigenvalue weighted by Crippen LogP contribution is -2.17. The Morgan fingerprint density at radius 1 is 0.500 bits per heavy atom. The second-order valence-corrected chi connectivity index (χ2v) is 14.0. The molecule has 0 atom stereocenters. The van der Waals surface area contributed by atoms with Crippen molar-refractivity contribution in [2.75, 3.05) is 4.90 Å². The quantitative estimate of drug-likeness (QED) is 0.186. The van der Waals surface area contributed by atoms with E-state index in [4.69, 9.17) is 0 Å². The minimum absolute atomic E-state index is 0.129. The summed E-state index contributed by atoms with van der Waals surface area (Å²) in [7, 11) is 0. The van der Waals surface area contributed by atoms with Gasteiger partial charge in [-0.3, -0.25) is 0 Å². The summed E-state index contributed by atoms with van der Waals surface area (Å²) in [5, 5.41) is 2.65. The molecule has 9 rings (SSSR count). The third-order valence-corrected chi connectivity index (χ3v) is 10.8. The highest BCUT2D eigenvalue weighted by atomic mass is 15.1. The number of aryl methyl sites for hydroxylation is 1. The summed E-state index contributed by atoms with van der Waals surface area (Å²) < 4.78 is 0. The zero-order chi connectivity index (χ0) is 32.2. The monoisotopic (exact) mass is 617 g/mol. The van der Waals surface area contributed by atoms with Crippen LogP contribution in [0.2, 0.25) is 0 Å². The number of nitrogens with zero attached hydrogens (tertiary/aromatic N) is 1. The molecule has 48 heavy (non-hydrogen) atoms. The largest absolute Gasteiger partial charge is 0.310 e. The summed E-state index contributed by atoms with van der Waals surface area (Å²) in [6.45, 7) is 4.78. The van der Waals surface area contributed by atoms with Gasteiger partial charge < -0.3 is 4.90 Å². The third kappa shape index (κ3) is 4.60. The van der Waals surface area contributed by atoms with Gasteiger partial charge in [-0.2, -0.15) is 0 Å². The van der Waals surface area contributed by atoms with Crippen LogP contribution in [0.25, 0.3) is 44.2 Å². The Morgan fingerprint density at radius 2 is 1.19 bits per heavy atom. The van der Waals surface area contributed by atoms with Gasteiger partial charge in [0.25, 0.3) is 0 Å². The predicted octanol–water partition coefficient (Wildman–Crippen LogP) is 12.8. The lowest BCUT2D eigenvalue weighted by atomic mass is 9.80. The van der Waals surface area contributed by atoms with Crippen molar-refractivity contribution >= 4 is 27.8 Å². The van der Waals surface area contributed by atoms with Crippen molar-refractivity contribution in [2.45, 2.75) is 44.9 Å². The van der Waals surface area contributed by atoms with Gasteiger partial charge >= 0.3 is 0 Å². The lowest BCUT2D eigenvalue weighted by molar-refractivity contribution is 0.666. The smallest absolute Gasteiger partial charge is 0.0540 e. The average Bonchev–Trinajstić information content (AvgIpc) is 3.38. The van der Waals surface area contributed by atoms with E-state index in [9.17, 15) is 0 Å². The van der Waals surface area contributed by atoms with E-state index < -0.39 is 0 Å². The van der Waals surface area contributed by atoms with Crippen molar-refractivity contribution in [2.24, 2.45) is 0 Å². The van der Waals surface area contributed by atoms with Crippen LogP contribution < -0.4 is 4.90 Å². The Kier molecular flexibility index (Phi) is 6.83. The molecule has 232 valence electrons. The summed E-state index contributed by atoms with van der Waals surface area (Å²) in [4.78, 5) is 2.44. The zero-order valence-corrected chi connectivity index (χ0v) is 27.7. The van der Waals surface area contributed by atoms with Gasteiger partial charge in [-0.15, -0.1) is 0 Å². The first-order valence-electron chi connectivity index (χ1n) is 17.4. The van der Waals surface area contributed by atoms with E-state index in [0.717, 1.165) is 5.69 Å². The molecule has 7 aromatic rings. The molecule has 7 aromatic carbocycles. The number of para-hydroxylation sites is 2. The maximum Gasteiger partial charge on any atom is 0.0540 e. The summed E-state index contributed by atoms with van der Waals surface area (Å²) in [5.41, 5.74) is 17.1. The van der Waals surface area contributed by atoms with Gasteiger partial charge in [-0.1, -0.05) is 135 Å². The van der Waals surface area contributed by atoms with E-state index >= 15 is 0 Å². The van der Waals surface area contributed by atoms with Gasteiger partial charge in [0.1, 0.15) is 0 Å². The number of fused-ring (bicyclic) bond motifs is 6. The highest BCUT2D eigenvalue weighted by Gasteiger charge is 2.37. The molecule has 1 heteroatoms. The molecule has 2 aliphatic rings. The maximum absolute atomic E-state index is 2.44. The molecular formula is C47H39N. The fraction of sp³-hybridized carbons (Fsp3) is 0.149. The minimum Gasteiger partial charge on any atom is -0.310 e. The second kappa shape index (κ2) is 11.4. The number of hydrogen-bond acceptors (Lipinski definition) is 1. The highest BCUT2D eigenvalue weighted by Crippen LogP contribution is 2.53. The van der Waals surface area contributed by atoms with Crippen molar-refractivity contribution in [3.05, 3.63) is 174 Å². The van der Waals surface area contributed by atoms with Crippen LogP contribution in [-0.4, -0.2) is 0 Å². The molecule has 0 unspecified atom stereocenters. The number of rotatable bonds is 5. The van der Waals surface area contributed by atoms with E-state index in [-0.39, 0.29) is 5.41 Å². The molecule has 0 saturated carbocycles. The molecule has 0 amide bonds. The Hall–Kier alpha value is -5.40. The standard InChI is InChI=1S/C47H39N/c1-47(2)44-31-37(28-30-42(44)43-29-27-33-14-7-9-20-41(33)46(43)47)48(36-16-4-3-5-17-36)45-22-11-10-19-40(45)35-25-23-34(24-26-35)39-21-12-15-32-13-6-8-18-38(32)39/h3-5,7,9-12,14-17,19-31H,6,8,13,18H2,1-2H3. The molecular weight excluding hydrogens is 579 g/mol. The summed E-state index contributed by atoms with van der Waals surface area (Å²) in [6, 6.07) is 56.3.